The molecular weight excluding hydrogens is 408 g/mol. The van der Waals surface area contributed by atoms with Crippen LogP contribution in [0.2, 0.25) is 0 Å². The van der Waals surface area contributed by atoms with Crippen molar-refractivity contribution in [3.8, 4) is 10.7 Å². The number of carbonyl (C=O) groups excluding carboxylic acids is 1. The number of rotatable bonds is 3. The number of piperazine rings is 1. The predicted molar refractivity (Wildman–Crippen MR) is 122 cm³/mol. The smallest absolute Gasteiger partial charge is 0.226 e. The van der Waals surface area contributed by atoms with Crippen molar-refractivity contribution in [3.63, 3.8) is 0 Å². The molecule has 1 aliphatic carbocycles. The molecule has 0 bridgehead atoms. The lowest BCUT2D eigenvalue weighted by Crippen LogP contribution is -2.56. The molecule has 1 aliphatic heterocycles. The summed E-state index contributed by atoms with van der Waals surface area (Å²) in [4.78, 5) is 23.3. The molecule has 2 aliphatic rings. The minimum Gasteiger partial charge on any atom is -0.338 e. The number of thiophene rings is 1. The largest absolute Gasteiger partial charge is 0.338 e. The second-order valence-corrected chi connectivity index (χ2v) is 9.49. The van der Waals surface area contributed by atoms with Gasteiger partial charge in [0.25, 0.3) is 0 Å². The van der Waals surface area contributed by atoms with E-state index in [0.29, 0.717) is 5.91 Å². The summed E-state index contributed by atoms with van der Waals surface area (Å²) in [5.41, 5.74) is 1.74. The van der Waals surface area contributed by atoms with E-state index in [2.05, 4.69) is 42.8 Å². The standard InChI is InChI=1S/C23H24N6OS/c1-15-14-27(11-12-28(15)22(30)16-6-4-7-16)23-24-18-9-3-2-8-17(18)20-25-26-21(29(20)23)19-10-5-13-31-19/h2-3,5,8-10,13,15-16H,4,6-7,11-12,14H2,1H3. The molecule has 0 radical (unpaired) electrons. The van der Waals surface area contributed by atoms with Gasteiger partial charge in [-0.25, -0.2) is 9.38 Å². The molecule has 1 amide bonds. The van der Waals surface area contributed by atoms with Gasteiger partial charge in [0.15, 0.2) is 11.5 Å². The minimum absolute atomic E-state index is 0.145. The lowest BCUT2D eigenvalue weighted by molar-refractivity contribution is -0.140. The number of amides is 1. The minimum atomic E-state index is 0.145. The zero-order chi connectivity index (χ0) is 20.9. The maximum atomic E-state index is 12.9. The fourth-order valence-corrected chi connectivity index (χ4v) is 5.40. The van der Waals surface area contributed by atoms with Crippen LogP contribution in [0.25, 0.3) is 27.3 Å². The van der Waals surface area contributed by atoms with Crippen LogP contribution in [0.4, 0.5) is 5.95 Å². The topological polar surface area (TPSA) is 66.6 Å². The van der Waals surface area contributed by atoms with Gasteiger partial charge in [-0.2, -0.15) is 0 Å². The normalized spacial score (nSPS) is 19.8. The lowest BCUT2D eigenvalue weighted by Gasteiger charge is -2.43. The van der Waals surface area contributed by atoms with E-state index in [1.54, 1.807) is 11.3 Å². The molecule has 0 N–H and O–H groups in total. The highest BCUT2D eigenvalue weighted by molar-refractivity contribution is 7.13. The quantitative estimate of drug-likeness (QED) is 0.492. The number of para-hydroxylation sites is 1. The summed E-state index contributed by atoms with van der Waals surface area (Å²) in [5, 5.41) is 12.1. The van der Waals surface area contributed by atoms with Crippen molar-refractivity contribution < 1.29 is 4.79 Å². The van der Waals surface area contributed by atoms with Gasteiger partial charge in [-0.3, -0.25) is 4.79 Å². The number of benzene rings is 1. The number of carbonyl (C=O) groups is 1. The molecule has 8 heteroatoms. The van der Waals surface area contributed by atoms with Crippen LogP contribution >= 0.6 is 11.3 Å². The Morgan fingerprint density at radius 3 is 2.71 bits per heavy atom. The molecule has 0 spiro atoms. The summed E-state index contributed by atoms with van der Waals surface area (Å²) in [7, 11) is 0. The molecule has 1 unspecified atom stereocenters. The van der Waals surface area contributed by atoms with Crippen molar-refractivity contribution in [1.29, 1.82) is 0 Å². The second kappa shape index (κ2) is 7.30. The molecule has 3 aromatic heterocycles. The van der Waals surface area contributed by atoms with Crippen LogP contribution in [0.1, 0.15) is 26.2 Å². The van der Waals surface area contributed by atoms with Crippen molar-refractivity contribution in [2.24, 2.45) is 5.92 Å². The number of aromatic nitrogens is 4. The summed E-state index contributed by atoms with van der Waals surface area (Å²) in [6.07, 6.45) is 3.27. The first-order valence-electron chi connectivity index (χ1n) is 10.9. The van der Waals surface area contributed by atoms with E-state index in [1.807, 2.05) is 30.3 Å². The molecule has 7 nitrogen and oxygen atoms in total. The maximum absolute atomic E-state index is 12.9. The Morgan fingerprint density at radius 1 is 1.10 bits per heavy atom. The first-order chi connectivity index (χ1) is 15.2. The Bertz CT molecular complexity index is 1260. The van der Waals surface area contributed by atoms with Crippen molar-refractivity contribution in [2.45, 2.75) is 32.2 Å². The van der Waals surface area contributed by atoms with E-state index < -0.39 is 0 Å². The fraction of sp³-hybridized carbons (Fsp3) is 0.391. The average Bonchev–Trinajstić information content (AvgIpc) is 3.41. The van der Waals surface area contributed by atoms with Gasteiger partial charge in [-0.15, -0.1) is 21.5 Å². The van der Waals surface area contributed by atoms with Gasteiger partial charge >= 0.3 is 0 Å². The number of hydrogen-bond donors (Lipinski definition) is 0. The van der Waals surface area contributed by atoms with Crippen LogP contribution in [0.3, 0.4) is 0 Å². The summed E-state index contributed by atoms with van der Waals surface area (Å²) in [5.74, 6) is 2.24. The lowest BCUT2D eigenvalue weighted by atomic mass is 9.84. The van der Waals surface area contributed by atoms with Crippen LogP contribution in [0, 0.1) is 5.92 Å². The summed E-state index contributed by atoms with van der Waals surface area (Å²) in [6, 6.07) is 12.3. The molecule has 1 saturated heterocycles. The second-order valence-electron chi connectivity index (χ2n) is 8.54. The number of hydrogen-bond acceptors (Lipinski definition) is 6. The molecule has 4 aromatic rings. The van der Waals surface area contributed by atoms with E-state index in [-0.39, 0.29) is 12.0 Å². The highest BCUT2D eigenvalue weighted by atomic mass is 32.1. The fourth-order valence-electron chi connectivity index (χ4n) is 4.70. The third-order valence-electron chi connectivity index (χ3n) is 6.62. The van der Waals surface area contributed by atoms with E-state index in [4.69, 9.17) is 4.98 Å². The van der Waals surface area contributed by atoms with Crippen molar-refractivity contribution in [3.05, 3.63) is 41.8 Å². The predicted octanol–water partition coefficient (Wildman–Crippen LogP) is 3.84. The van der Waals surface area contributed by atoms with Crippen LogP contribution < -0.4 is 4.90 Å². The molecule has 1 aromatic carbocycles. The van der Waals surface area contributed by atoms with E-state index in [1.165, 1.54) is 6.42 Å². The summed E-state index contributed by atoms with van der Waals surface area (Å²) in [6.45, 7) is 4.38. The van der Waals surface area contributed by atoms with Gasteiger partial charge < -0.3 is 9.80 Å². The van der Waals surface area contributed by atoms with Crippen LogP contribution in [-0.2, 0) is 4.79 Å². The summed E-state index contributed by atoms with van der Waals surface area (Å²) >= 11 is 1.65. The number of anilines is 1. The monoisotopic (exact) mass is 432 g/mol. The summed E-state index contributed by atoms with van der Waals surface area (Å²) < 4.78 is 2.09. The first kappa shape index (κ1) is 18.7. The van der Waals surface area contributed by atoms with Gasteiger partial charge in [0.2, 0.25) is 11.9 Å². The molecule has 4 heterocycles. The van der Waals surface area contributed by atoms with E-state index in [9.17, 15) is 4.79 Å². The maximum Gasteiger partial charge on any atom is 0.226 e. The highest BCUT2D eigenvalue weighted by Crippen LogP contribution is 2.33. The van der Waals surface area contributed by atoms with Crippen LogP contribution in [0.5, 0.6) is 0 Å². The van der Waals surface area contributed by atoms with Crippen molar-refractivity contribution in [2.75, 3.05) is 24.5 Å². The molecular formula is C23H24N6OS. The Labute approximate surface area is 184 Å². The highest BCUT2D eigenvalue weighted by Gasteiger charge is 2.35. The van der Waals surface area contributed by atoms with Crippen LogP contribution in [0.15, 0.2) is 41.8 Å². The Kier molecular flexibility index (Phi) is 4.41. The SMILES string of the molecule is CC1CN(c2nc3ccccc3c3nnc(-c4cccs4)n23)CCN1C(=O)C1CCC1. The van der Waals surface area contributed by atoms with Crippen LogP contribution in [-0.4, -0.2) is 56.1 Å². The molecule has 6 rings (SSSR count). The van der Waals surface area contributed by atoms with Gasteiger partial charge in [-0.05, 0) is 43.3 Å². The number of nitrogens with zero attached hydrogens (tertiary/aromatic N) is 6. The van der Waals surface area contributed by atoms with Gasteiger partial charge in [0, 0.05) is 37.0 Å². The van der Waals surface area contributed by atoms with Gasteiger partial charge in [-0.1, -0.05) is 24.6 Å². The molecule has 158 valence electrons. The zero-order valence-electron chi connectivity index (χ0n) is 17.4. The average molecular weight is 433 g/mol. The Balaban J connectivity index is 1.43. The molecule has 2 fully saturated rings. The first-order valence-corrected chi connectivity index (χ1v) is 11.8. The third-order valence-corrected chi connectivity index (χ3v) is 7.48. The van der Waals surface area contributed by atoms with E-state index >= 15 is 0 Å². The number of fused-ring (bicyclic) bond motifs is 3. The van der Waals surface area contributed by atoms with Crippen molar-refractivity contribution in [1.82, 2.24) is 24.5 Å². The van der Waals surface area contributed by atoms with E-state index in [0.717, 1.165) is 65.7 Å². The molecule has 1 saturated carbocycles. The zero-order valence-corrected chi connectivity index (χ0v) is 18.3. The molecule has 1 atom stereocenters. The third kappa shape index (κ3) is 3.00. The van der Waals surface area contributed by atoms with Gasteiger partial charge in [0.1, 0.15) is 0 Å². The van der Waals surface area contributed by atoms with Crippen molar-refractivity contribution >= 4 is 39.7 Å². The Morgan fingerprint density at radius 2 is 1.97 bits per heavy atom. The molecule has 31 heavy (non-hydrogen) atoms. The van der Waals surface area contributed by atoms with Gasteiger partial charge in [0.05, 0.1) is 10.4 Å². The Hall–Kier alpha value is -3.00.